The van der Waals surface area contributed by atoms with E-state index in [0.29, 0.717) is 0 Å². The third-order valence-electron chi connectivity index (χ3n) is 3.30. The highest BCUT2D eigenvalue weighted by Gasteiger charge is 2.35. The number of carbonyl (C=O) groups is 2. The van der Waals surface area contributed by atoms with E-state index in [-0.39, 0.29) is 18.4 Å². The minimum absolute atomic E-state index is 0.160. The summed E-state index contributed by atoms with van der Waals surface area (Å²) in [4.78, 5) is 23.5. The summed E-state index contributed by atoms with van der Waals surface area (Å²) in [6.07, 6.45) is 2.47. The van der Waals surface area contributed by atoms with Crippen LogP contribution in [0.5, 0.6) is 0 Å². The molecule has 0 heterocycles. The van der Waals surface area contributed by atoms with Gasteiger partial charge in [-0.2, -0.15) is 0 Å². The van der Waals surface area contributed by atoms with Crippen molar-refractivity contribution < 1.29 is 14.7 Å². The van der Waals surface area contributed by atoms with Crippen molar-refractivity contribution in [3.8, 4) is 0 Å². The van der Waals surface area contributed by atoms with Crippen LogP contribution in [0.25, 0.3) is 0 Å². The van der Waals surface area contributed by atoms with Gasteiger partial charge in [-0.05, 0) is 26.2 Å². The maximum atomic E-state index is 11.8. The first-order chi connectivity index (χ1) is 8.14. The van der Waals surface area contributed by atoms with Gasteiger partial charge in [0.2, 0.25) is 11.8 Å². The van der Waals surface area contributed by atoms with Crippen LogP contribution in [-0.4, -0.2) is 35.1 Å². The van der Waals surface area contributed by atoms with Crippen molar-refractivity contribution in [2.45, 2.75) is 58.6 Å². The van der Waals surface area contributed by atoms with Gasteiger partial charge in [-0.15, -0.1) is 0 Å². The molecular formula is C13H24N2O3. The Kier molecular flexibility index (Phi) is 4.37. The van der Waals surface area contributed by atoms with E-state index in [4.69, 9.17) is 0 Å². The second-order valence-corrected chi connectivity index (χ2v) is 6.24. The molecule has 5 heteroatoms. The highest BCUT2D eigenvalue weighted by atomic mass is 16.3. The predicted molar refractivity (Wildman–Crippen MR) is 68.9 cm³/mol. The summed E-state index contributed by atoms with van der Waals surface area (Å²) in [6, 6.07) is -0.583. The summed E-state index contributed by atoms with van der Waals surface area (Å²) in [7, 11) is 0. The molecule has 0 radical (unpaired) electrons. The van der Waals surface area contributed by atoms with E-state index in [9.17, 15) is 14.7 Å². The molecular weight excluding hydrogens is 232 g/mol. The van der Waals surface area contributed by atoms with Crippen LogP contribution in [0.15, 0.2) is 0 Å². The molecule has 2 amide bonds. The Hall–Kier alpha value is -1.10. The van der Waals surface area contributed by atoms with E-state index in [1.54, 1.807) is 27.7 Å². The smallest absolute Gasteiger partial charge is 0.242 e. The highest BCUT2D eigenvalue weighted by Crippen LogP contribution is 2.30. The fourth-order valence-corrected chi connectivity index (χ4v) is 1.65. The molecule has 0 aromatic rings. The predicted octanol–water partition coefficient (Wildman–Crippen LogP) is 0.568. The van der Waals surface area contributed by atoms with Gasteiger partial charge < -0.3 is 15.7 Å². The molecule has 0 spiro atoms. The standard InChI is InChI=1S/C13H24N2O3/c1-9(15-11(17)12(2,3)4)10(16)14-8-13(18)6-5-7-13/h9,18H,5-8H2,1-4H3,(H,14,16)(H,15,17). The van der Waals surface area contributed by atoms with Gasteiger partial charge >= 0.3 is 0 Å². The summed E-state index contributed by atoms with van der Waals surface area (Å²) in [5.74, 6) is -0.416. The monoisotopic (exact) mass is 256 g/mol. The van der Waals surface area contributed by atoms with Crippen LogP contribution < -0.4 is 10.6 Å². The summed E-state index contributed by atoms with van der Waals surface area (Å²) in [5, 5.41) is 15.2. The second-order valence-electron chi connectivity index (χ2n) is 6.24. The first-order valence-electron chi connectivity index (χ1n) is 6.45. The summed E-state index contributed by atoms with van der Waals surface area (Å²) >= 11 is 0. The molecule has 3 N–H and O–H groups in total. The summed E-state index contributed by atoms with van der Waals surface area (Å²) in [6.45, 7) is 7.30. The van der Waals surface area contributed by atoms with Gasteiger partial charge in [0.1, 0.15) is 6.04 Å². The van der Waals surface area contributed by atoms with Crippen molar-refractivity contribution in [3.05, 3.63) is 0 Å². The maximum absolute atomic E-state index is 11.8. The van der Waals surface area contributed by atoms with Crippen molar-refractivity contribution in [1.82, 2.24) is 10.6 Å². The van der Waals surface area contributed by atoms with Crippen LogP contribution >= 0.6 is 0 Å². The minimum Gasteiger partial charge on any atom is -0.388 e. The van der Waals surface area contributed by atoms with Gasteiger partial charge in [0.05, 0.1) is 5.60 Å². The summed E-state index contributed by atoms with van der Waals surface area (Å²) in [5.41, 5.74) is -1.25. The largest absolute Gasteiger partial charge is 0.388 e. The maximum Gasteiger partial charge on any atom is 0.242 e. The normalized spacial score (nSPS) is 19.6. The Labute approximate surface area is 108 Å². The number of amides is 2. The van der Waals surface area contributed by atoms with Crippen molar-refractivity contribution in [1.29, 1.82) is 0 Å². The lowest BCUT2D eigenvalue weighted by molar-refractivity contribution is -0.133. The minimum atomic E-state index is -0.733. The number of hydrogen-bond donors (Lipinski definition) is 3. The fraction of sp³-hybridized carbons (Fsp3) is 0.846. The van der Waals surface area contributed by atoms with Crippen molar-refractivity contribution in [2.24, 2.45) is 5.41 Å². The van der Waals surface area contributed by atoms with Gasteiger partial charge in [-0.1, -0.05) is 20.8 Å². The Morgan fingerprint density at radius 1 is 1.33 bits per heavy atom. The third-order valence-corrected chi connectivity index (χ3v) is 3.30. The molecule has 0 bridgehead atoms. The quantitative estimate of drug-likeness (QED) is 0.688. The zero-order valence-corrected chi connectivity index (χ0v) is 11.7. The molecule has 1 aliphatic carbocycles. The van der Waals surface area contributed by atoms with Gasteiger partial charge in [-0.3, -0.25) is 9.59 Å². The fourth-order valence-electron chi connectivity index (χ4n) is 1.65. The van der Waals surface area contributed by atoms with Crippen LogP contribution in [0, 0.1) is 5.41 Å². The van der Waals surface area contributed by atoms with Gasteiger partial charge in [0, 0.05) is 12.0 Å². The molecule has 0 aliphatic heterocycles. The van der Waals surface area contributed by atoms with Gasteiger partial charge in [0.25, 0.3) is 0 Å². The molecule has 1 fully saturated rings. The molecule has 1 saturated carbocycles. The Bertz CT molecular complexity index is 330. The molecule has 5 nitrogen and oxygen atoms in total. The van der Waals surface area contributed by atoms with E-state index in [1.807, 2.05) is 0 Å². The third kappa shape index (κ3) is 3.98. The van der Waals surface area contributed by atoms with E-state index < -0.39 is 17.1 Å². The van der Waals surface area contributed by atoms with E-state index >= 15 is 0 Å². The van der Waals surface area contributed by atoms with Crippen LogP contribution in [0.2, 0.25) is 0 Å². The number of aliphatic hydroxyl groups is 1. The molecule has 1 unspecified atom stereocenters. The van der Waals surface area contributed by atoms with Crippen molar-refractivity contribution >= 4 is 11.8 Å². The number of nitrogens with one attached hydrogen (secondary N) is 2. The highest BCUT2D eigenvalue weighted by molar-refractivity contribution is 5.89. The van der Waals surface area contributed by atoms with E-state index in [2.05, 4.69) is 10.6 Å². The zero-order valence-electron chi connectivity index (χ0n) is 11.7. The number of hydrogen-bond acceptors (Lipinski definition) is 3. The SMILES string of the molecule is CC(NC(=O)C(C)(C)C)C(=O)NCC1(O)CCC1. The van der Waals surface area contributed by atoms with Crippen LogP contribution in [-0.2, 0) is 9.59 Å². The van der Waals surface area contributed by atoms with Crippen LogP contribution in [0.4, 0.5) is 0 Å². The first-order valence-corrected chi connectivity index (χ1v) is 6.45. The molecule has 1 rings (SSSR count). The molecule has 0 aromatic carbocycles. The van der Waals surface area contributed by atoms with E-state index in [0.717, 1.165) is 19.3 Å². The van der Waals surface area contributed by atoms with Crippen molar-refractivity contribution in [3.63, 3.8) is 0 Å². The van der Waals surface area contributed by atoms with Crippen LogP contribution in [0.3, 0.4) is 0 Å². The first kappa shape index (κ1) is 15.0. The lowest BCUT2D eigenvalue weighted by Gasteiger charge is -2.36. The Balaban J connectivity index is 2.35. The summed E-state index contributed by atoms with van der Waals surface area (Å²) < 4.78 is 0. The zero-order chi connectivity index (χ0) is 14.0. The Morgan fingerprint density at radius 2 is 1.89 bits per heavy atom. The lowest BCUT2D eigenvalue weighted by Crippen LogP contribution is -2.53. The molecule has 0 aromatic heterocycles. The molecule has 18 heavy (non-hydrogen) atoms. The molecule has 104 valence electrons. The molecule has 0 saturated heterocycles. The lowest BCUT2D eigenvalue weighted by atomic mass is 9.80. The van der Waals surface area contributed by atoms with Crippen molar-refractivity contribution in [2.75, 3.05) is 6.54 Å². The second kappa shape index (κ2) is 5.26. The van der Waals surface area contributed by atoms with Crippen LogP contribution in [0.1, 0.15) is 47.0 Å². The van der Waals surface area contributed by atoms with Gasteiger partial charge in [0.15, 0.2) is 0 Å². The topological polar surface area (TPSA) is 78.4 Å². The average Bonchev–Trinajstić information content (AvgIpc) is 2.21. The molecule has 1 atom stereocenters. The number of rotatable bonds is 4. The van der Waals surface area contributed by atoms with E-state index in [1.165, 1.54) is 0 Å². The Morgan fingerprint density at radius 3 is 2.28 bits per heavy atom. The molecule has 1 aliphatic rings. The average molecular weight is 256 g/mol. The number of carbonyl (C=O) groups excluding carboxylic acids is 2. The van der Waals surface area contributed by atoms with Gasteiger partial charge in [-0.25, -0.2) is 0 Å².